The molecule has 1 unspecified atom stereocenters. The molecule has 1 N–H and O–H groups in total. The van der Waals surface area contributed by atoms with Gasteiger partial charge in [-0.3, -0.25) is 4.68 Å². The Bertz CT molecular complexity index is 725. The van der Waals surface area contributed by atoms with Gasteiger partial charge in [0, 0.05) is 32.1 Å². The van der Waals surface area contributed by atoms with Crippen molar-refractivity contribution < 1.29 is 0 Å². The van der Waals surface area contributed by atoms with E-state index in [0.717, 1.165) is 17.8 Å². The Labute approximate surface area is 118 Å². The highest BCUT2D eigenvalue weighted by atomic mass is 15.3. The van der Waals surface area contributed by atoms with Crippen LogP contribution < -0.4 is 5.32 Å². The summed E-state index contributed by atoms with van der Waals surface area (Å²) < 4.78 is 3.91. The van der Waals surface area contributed by atoms with Crippen molar-refractivity contribution in [1.29, 1.82) is 0 Å². The summed E-state index contributed by atoms with van der Waals surface area (Å²) >= 11 is 0. The third-order valence-electron chi connectivity index (χ3n) is 3.66. The number of para-hydroxylation sites is 1. The summed E-state index contributed by atoms with van der Waals surface area (Å²) in [7, 11) is 5.94. The number of hydrogen-bond donors (Lipinski definition) is 1. The largest absolute Gasteiger partial charge is 0.340 e. The summed E-state index contributed by atoms with van der Waals surface area (Å²) in [5.41, 5.74) is 3.32. The van der Waals surface area contributed by atoms with Gasteiger partial charge in [0.2, 0.25) is 0 Å². The summed E-state index contributed by atoms with van der Waals surface area (Å²) in [5.74, 6) is 0. The lowest BCUT2D eigenvalue weighted by Gasteiger charge is -2.12. The number of rotatable bonds is 4. The lowest BCUT2D eigenvalue weighted by atomic mass is 10.1. The maximum atomic E-state index is 4.65. The summed E-state index contributed by atoms with van der Waals surface area (Å²) in [5, 5.41) is 9.19. The lowest BCUT2D eigenvalue weighted by molar-refractivity contribution is 0.566. The predicted octanol–water partition coefficient (Wildman–Crippen LogP) is 1.81. The van der Waals surface area contributed by atoms with E-state index in [9.17, 15) is 0 Å². The summed E-state index contributed by atoms with van der Waals surface area (Å²) in [6.45, 7) is 0. The third kappa shape index (κ3) is 2.20. The number of fused-ring (bicyclic) bond motifs is 1. The number of imidazole rings is 1. The molecule has 0 aliphatic carbocycles. The van der Waals surface area contributed by atoms with E-state index in [2.05, 4.69) is 33.6 Å². The smallest absolute Gasteiger partial charge is 0.0947 e. The third-order valence-corrected chi connectivity index (χ3v) is 3.66. The Hall–Kier alpha value is -2.14. The molecule has 1 atom stereocenters. The van der Waals surface area contributed by atoms with Crippen LogP contribution in [-0.4, -0.2) is 26.4 Å². The van der Waals surface area contributed by atoms with Crippen molar-refractivity contribution in [3.05, 3.63) is 48.2 Å². The second-order valence-corrected chi connectivity index (χ2v) is 5.10. The second kappa shape index (κ2) is 5.09. The minimum absolute atomic E-state index is 0.175. The molecule has 0 saturated carbocycles. The highest BCUT2D eigenvalue weighted by Crippen LogP contribution is 2.22. The predicted molar refractivity (Wildman–Crippen MR) is 79.4 cm³/mol. The molecular weight excluding hydrogens is 250 g/mol. The zero-order valence-electron chi connectivity index (χ0n) is 12.0. The van der Waals surface area contributed by atoms with Gasteiger partial charge < -0.3 is 9.88 Å². The minimum atomic E-state index is 0.175. The Morgan fingerprint density at radius 3 is 2.75 bits per heavy atom. The quantitative estimate of drug-likeness (QED) is 0.786. The Balaban J connectivity index is 1.95. The molecule has 0 aliphatic rings. The molecule has 0 aliphatic heterocycles. The van der Waals surface area contributed by atoms with E-state index in [4.69, 9.17) is 0 Å². The maximum absolute atomic E-state index is 4.65. The molecule has 3 aromatic rings. The molecule has 104 valence electrons. The van der Waals surface area contributed by atoms with Crippen molar-refractivity contribution in [3.63, 3.8) is 0 Å². The Kier molecular flexibility index (Phi) is 3.28. The summed E-state index contributed by atoms with van der Waals surface area (Å²) in [6.07, 6.45) is 4.71. The average Bonchev–Trinajstić information content (AvgIpc) is 3.01. The number of likely N-dealkylation sites (N-methyl/N-ethyl adjacent to an activating group) is 1. The van der Waals surface area contributed by atoms with Crippen LogP contribution in [0.5, 0.6) is 0 Å². The number of nitrogens with zero attached hydrogens (tertiary/aromatic N) is 4. The van der Waals surface area contributed by atoms with E-state index < -0.39 is 0 Å². The maximum Gasteiger partial charge on any atom is 0.0947 e. The first-order valence-corrected chi connectivity index (χ1v) is 6.75. The molecular formula is C15H19N5. The number of hydrogen-bond acceptors (Lipinski definition) is 3. The first-order valence-electron chi connectivity index (χ1n) is 6.75. The van der Waals surface area contributed by atoms with Crippen molar-refractivity contribution in [2.45, 2.75) is 12.5 Å². The van der Waals surface area contributed by atoms with Gasteiger partial charge in [-0.25, -0.2) is 4.98 Å². The van der Waals surface area contributed by atoms with Crippen LogP contribution in [0.15, 0.2) is 36.8 Å². The Morgan fingerprint density at radius 1 is 1.25 bits per heavy atom. The molecule has 20 heavy (non-hydrogen) atoms. The van der Waals surface area contributed by atoms with Crippen molar-refractivity contribution in [1.82, 2.24) is 24.6 Å². The average molecular weight is 269 g/mol. The van der Waals surface area contributed by atoms with Gasteiger partial charge in [0.05, 0.1) is 29.3 Å². The van der Waals surface area contributed by atoms with Gasteiger partial charge in [-0.2, -0.15) is 5.10 Å². The van der Waals surface area contributed by atoms with Gasteiger partial charge in [-0.05, 0) is 13.1 Å². The van der Waals surface area contributed by atoms with E-state index in [1.807, 2.05) is 49.0 Å². The van der Waals surface area contributed by atoms with E-state index in [0.29, 0.717) is 0 Å². The molecule has 2 heterocycles. The SMILES string of the molecule is CNC(Cc1nn(C)c2ccccc12)c1cn(C)cn1. The summed E-state index contributed by atoms with van der Waals surface area (Å²) in [4.78, 5) is 4.44. The normalized spacial score (nSPS) is 12.9. The highest BCUT2D eigenvalue weighted by molar-refractivity contribution is 5.81. The molecule has 0 bridgehead atoms. The zero-order valence-corrected chi connectivity index (χ0v) is 12.0. The van der Waals surface area contributed by atoms with E-state index in [1.165, 1.54) is 10.9 Å². The van der Waals surface area contributed by atoms with Crippen LogP contribution in [0.3, 0.4) is 0 Å². The van der Waals surface area contributed by atoms with Crippen LogP contribution in [0.2, 0.25) is 0 Å². The van der Waals surface area contributed by atoms with Crippen LogP contribution in [0.1, 0.15) is 17.4 Å². The van der Waals surface area contributed by atoms with Gasteiger partial charge in [-0.1, -0.05) is 18.2 Å². The Morgan fingerprint density at radius 2 is 2.05 bits per heavy atom. The molecule has 2 aromatic heterocycles. The van der Waals surface area contributed by atoms with Crippen molar-refractivity contribution >= 4 is 10.9 Å². The van der Waals surface area contributed by atoms with Gasteiger partial charge in [-0.15, -0.1) is 0 Å². The number of aromatic nitrogens is 4. The van der Waals surface area contributed by atoms with E-state index in [1.54, 1.807) is 0 Å². The molecule has 5 heteroatoms. The number of aryl methyl sites for hydroxylation is 2. The molecule has 0 radical (unpaired) electrons. The molecule has 0 saturated heterocycles. The molecule has 3 rings (SSSR count). The van der Waals surface area contributed by atoms with Crippen LogP contribution in [-0.2, 0) is 20.5 Å². The van der Waals surface area contributed by atoms with Crippen molar-refractivity contribution in [2.24, 2.45) is 14.1 Å². The topological polar surface area (TPSA) is 47.7 Å². The highest BCUT2D eigenvalue weighted by Gasteiger charge is 2.17. The molecule has 1 aromatic carbocycles. The van der Waals surface area contributed by atoms with Gasteiger partial charge in [0.15, 0.2) is 0 Å². The van der Waals surface area contributed by atoms with E-state index >= 15 is 0 Å². The number of benzene rings is 1. The molecule has 0 amide bonds. The molecule has 0 fully saturated rings. The fraction of sp³-hybridized carbons (Fsp3) is 0.333. The second-order valence-electron chi connectivity index (χ2n) is 5.10. The summed E-state index contributed by atoms with van der Waals surface area (Å²) in [6, 6.07) is 8.50. The van der Waals surface area contributed by atoms with Gasteiger partial charge >= 0.3 is 0 Å². The first-order chi connectivity index (χ1) is 9.69. The lowest BCUT2D eigenvalue weighted by Crippen LogP contribution is -2.19. The fourth-order valence-corrected chi connectivity index (χ4v) is 2.60. The van der Waals surface area contributed by atoms with Crippen LogP contribution in [0.4, 0.5) is 0 Å². The van der Waals surface area contributed by atoms with Crippen molar-refractivity contribution in [2.75, 3.05) is 7.05 Å². The minimum Gasteiger partial charge on any atom is -0.340 e. The van der Waals surface area contributed by atoms with Crippen LogP contribution in [0.25, 0.3) is 10.9 Å². The van der Waals surface area contributed by atoms with Crippen LogP contribution >= 0.6 is 0 Å². The first kappa shape index (κ1) is 12.9. The standard InChI is InChI=1S/C15H19N5/c1-16-13(14-9-19(2)10-17-14)8-12-11-6-4-5-7-15(11)20(3)18-12/h4-7,9-10,13,16H,8H2,1-3H3. The zero-order chi connectivity index (χ0) is 14.1. The van der Waals surface area contributed by atoms with Crippen molar-refractivity contribution in [3.8, 4) is 0 Å². The van der Waals surface area contributed by atoms with Gasteiger partial charge in [0.25, 0.3) is 0 Å². The number of nitrogens with one attached hydrogen (secondary N) is 1. The molecule has 0 spiro atoms. The van der Waals surface area contributed by atoms with E-state index in [-0.39, 0.29) is 6.04 Å². The van der Waals surface area contributed by atoms with Crippen LogP contribution in [0, 0.1) is 0 Å². The van der Waals surface area contributed by atoms with Gasteiger partial charge in [0.1, 0.15) is 0 Å². The molecule has 5 nitrogen and oxygen atoms in total. The fourth-order valence-electron chi connectivity index (χ4n) is 2.60. The monoisotopic (exact) mass is 269 g/mol.